The van der Waals surface area contributed by atoms with Gasteiger partial charge in [0.15, 0.2) is 0 Å². The van der Waals surface area contributed by atoms with Crippen molar-refractivity contribution in [2.45, 2.75) is 32.2 Å². The second-order valence-corrected chi connectivity index (χ2v) is 5.02. The number of carbonyl (C=O) groups is 2. The van der Waals surface area contributed by atoms with E-state index in [2.05, 4.69) is 0 Å². The number of nitrogens with zero attached hydrogens (tertiary/aromatic N) is 2. The summed E-state index contributed by atoms with van der Waals surface area (Å²) in [5.41, 5.74) is 5.87. The highest BCUT2D eigenvalue weighted by Gasteiger charge is 2.36. The number of nitrogens with two attached hydrogens (primary N) is 1. The van der Waals surface area contributed by atoms with Crippen LogP contribution in [0.4, 0.5) is 0 Å². The van der Waals surface area contributed by atoms with Gasteiger partial charge < -0.3 is 15.5 Å². The van der Waals surface area contributed by atoms with Crippen molar-refractivity contribution in [1.29, 1.82) is 0 Å². The molecule has 0 saturated carbocycles. The largest absolute Gasteiger partial charge is 0.342 e. The number of hydrogen-bond donors (Lipinski definition) is 1. The average molecular weight is 239 g/mol. The van der Waals surface area contributed by atoms with E-state index in [9.17, 15) is 9.59 Å². The Morgan fingerprint density at radius 3 is 2.82 bits per heavy atom. The fraction of sp³-hybridized carbons (Fsp3) is 0.833. The Morgan fingerprint density at radius 1 is 1.47 bits per heavy atom. The monoisotopic (exact) mass is 239 g/mol. The lowest BCUT2D eigenvalue weighted by atomic mass is 10.0. The van der Waals surface area contributed by atoms with Gasteiger partial charge in [-0.1, -0.05) is 0 Å². The summed E-state index contributed by atoms with van der Waals surface area (Å²) in [5, 5.41) is 0. The molecule has 96 valence electrons. The van der Waals surface area contributed by atoms with E-state index >= 15 is 0 Å². The van der Waals surface area contributed by atoms with Gasteiger partial charge in [-0.15, -0.1) is 0 Å². The molecule has 2 heterocycles. The number of carbonyl (C=O) groups excluding carboxylic acids is 2. The summed E-state index contributed by atoms with van der Waals surface area (Å²) >= 11 is 0. The molecule has 2 aliphatic heterocycles. The van der Waals surface area contributed by atoms with Crippen LogP contribution in [0.5, 0.6) is 0 Å². The SMILES string of the molecule is CCN1C[C@H](C(=O)N2CCC[C@@H](N)C2)CC1=O. The van der Waals surface area contributed by atoms with E-state index in [-0.39, 0.29) is 23.8 Å². The van der Waals surface area contributed by atoms with Crippen LogP contribution in [0.1, 0.15) is 26.2 Å². The molecule has 2 aliphatic rings. The number of hydrogen-bond acceptors (Lipinski definition) is 3. The average Bonchev–Trinajstić information content (AvgIpc) is 2.69. The van der Waals surface area contributed by atoms with E-state index < -0.39 is 0 Å². The lowest BCUT2D eigenvalue weighted by Crippen LogP contribution is -2.48. The Balaban J connectivity index is 1.94. The topological polar surface area (TPSA) is 66.6 Å². The molecule has 0 bridgehead atoms. The minimum Gasteiger partial charge on any atom is -0.342 e. The van der Waals surface area contributed by atoms with Crippen LogP contribution in [0.3, 0.4) is 0 Å². The van der Waals surface area contributed by atoms with Crippen molar-refractivity contribution in [2.24, 2.45) is 11.7 Å². The zero-order chi connectivity index (χ0) is 12.4. The first-order valence-corrected chi connectivity index (χ1v) is 6.44. The lowest BCUT2D eigenvalue weighted by Gasteiger charge is -2.32. The van der Waals surface area contributed by atoms with Gasteiger partial charge in [-0.2, -0.15) is 0 Å². The van der Waals surface area contributed by atoms with E-state index in [4.69, 9.17) is 5.73 Å². The molecular formula is C12H21N3O2. The molecule has 2 atom stereocenters. The fourth-order valence-corrected chi connectivity index (χ4v) is 2.71. The van der Waals surface area contributed by atoms with Crippen molar-refractivity contribution >= 4 is 11.8 Å². The predicted molar refractivity (Wildman–Crippen MR) is 64.2 cm³/mol. The molecule has 5 heteroatoms. The first kappa shape index (κ1) is 12.4. The van der Waals surface area contributed by atoms with Gasteiger partial charge >= 0.3 is 0 Å². The Morgan fingerprint density at radius 2 is 2.24 bits per heavy atom. The summed E-state index contributed by atoms with van der Waals surface area (Å²) in [5.74, 6) is 0.0735. The molecule has 2 saturated heterocycles. The van der Waals surface area contributed by atoms with Gasteiger partial charge in [-0.25, -0.2) is 0 Å². The highest BCUT2D eigenvalue weighted by atomic mass is 16.2. The molecule has 2 fully saturated rings. The highest BCUT2D eigenvalue weighted by molar-refractivity contribution is 5.89. The quantitative estimate of drug-likeness (QED) is 0.726. The minimum absolute atomic E-state index is 0.104. The number of rotatable bonds is 2. The summed E-state index contributed by atoms with van der Waals surface area (Å²) in [6.07, 6.45) is 2.35. The normalized spacial score (nSPS) is 29.9. The maximum atomic E-state index is 12.2. The third-order valence-corrected chi connectivity index (χ3v) is 3.71. The number of amides is 2. The molecule has 0 aliphatic carbocycles. The van der Waals surface area contributed by atoms with Crippen LogP contribution in [-0.4, -0.2) is 53.8 Å². The molecule has 0 spiro atoms. The third-order valence-electron chi connectivity index (χ3n) is 3.71. The third kappa shape index (κ3) is 2.60. The van der Waals surface area contributed by atoms with Crippen LogP contribution in [0.2, 0.25) is 0 Å². The van der Waals surface area contributed by atoms with E-state index in [0.29, 0.717) is 26.1 Å². The second kappa shape index (κ2) is 5.04. The van der Waals surface area contributed by atoms with Gasteiger partial charge in [0.25, 0.3) is 0 Å². The first-order chi connectivity index (χ1) is 8.11. The smallest absolute Gasteiger partial charge is 0.228 e. The molecular weight excluding hydrogens is 218 g/mol. The van der Waals surface area contributed by atoms with Gasteiger partial charge in [-0.3, -0.25) is 9.59 Å². The van der Waals surface area contributed by atoms with Crippen LogP contribution >= 0.6 is 0 Å². The Bertz CT molecular complexity index is 319. The highest BCUT2D eigenvalue weighted by Crippen LogP contribution is 2.21. The molecule has 2 rings (SSSR count). The molecule has 5 nitrogen and oxygen atoms in total. The van der Waals surface area contributed by atoms with Crippen LogP contribution < -0.4 is 5.73 Å². The van der Waals surface area contributed by atoms with E-state index in [1.54, 1.807) is 4.90 Å². The molecule has 2 amide bonds. The Labute approximate surface area is 102 Å². The zero-order valence-corrected chi connectivity index (χ0v) is 10.4. The minimum atomic E-state index is -0.146. The Hall–Kier alpha value is -1.10. The van der Waals surface area contributed by atoms with Crippen LogP contribution in [0.25, 0.3) is 0 Å². The summed E-state index contributed by atoms with van der Waals surface area (Å²) in [7, 11) is 0. The first-order valence-electron chi connectivity index (χ1n) is 6.44. The van der Waals surface area contributed by atoms with Crippen molar-refractivity contribution in [3.05, 3.63) is 0 Å². The van der Waals surface area contributed by atoms with Gasteiger partial charge in [-0.05, 0) is 19.8 Å². The summed E-state index contributed by atoms with van der Waals surface area (Å²) in [6.45, 7) is 4.67. The van der Waals surface area contributed by atoms with Crippen LogP contribution in [0.15, 0.2) is 0 Å². The van der Waals surface area contributed by atoms with Gasteiger partial charge in [0, 0.05) is 38.6 Å². The summed E-state index contributed by atoms with van der Waals surface area (Å²) < 4.78 is 0. The molecule has 0 unspecified atom stereocenters. The maximum Gasteiger partial charge on any atom is 0.228 e. The second-order valence-electron chi connectivity index (χ2n) is 5.02. The summed E-state index contributed by atoms with van der Waals surface area (Å²) in [4.78, 5) is 27.4. The van der Waals surface area contributed by atoms with Crippen molar-refractivity contribution in [2.75, 3.05) is 26.2 Å². The van der Waals surface area contributed by atoms with Gasteiger partial charge in [0.1, 0.15) is 0 Å². The Kier molecular flexibility index (Phi) is 3.66. The molecule has 0 aromatic rings. The molecule has 0 aromatic carbocycles. The van der Waals surface area contributed by atoms with E-state index in [0.717, 1.165) is 19.4 Å². The van der Waals surface area contributed by atoms with Crippen LogP contribution in [-0.2, 0) is 9.59 Å². The van der Waals surface area contributed by atoms with Crippen molar-refractivity contribution < 1.29 is 9.59 Å². The molecule has 0 aromatic heterocycles. The standard InChI is InChI=1S/C12H21N3O2/c1-2-14-7-9(6-11(14)16)12(17)15-5-3-4-10(13)8-15/h9-10H,2-8,13H2,1H3/t9-,10-/m1/s1. The van der Waals surface area contributed by atoms with Crippen molar-refractivity contribution in [3.8, 4) is 0 Å². The zero-order valence-electron chi connectivity index (χ0n) is 10.4. The number of piperidine rings is 1. The molecule has 17 heavy (non-hydrogen) atoms. The van der Waals surface area contributed by atoms with E-state index in [1.807, 2.05) is 11.8 Å². The van der Waals surface area contributed by atoms with E-state index in [1.165, 1.54) is 0 Å². The van der Waals surface area contributed by atoms with Gasteiger partial charge in [0.05, 0.1) is 5.92 Å². The summed E-state index contributed by atoms with van der Waals surface area (Å²) in [6, 6.07) is 0.104. The van der Waals surface area contributed by atoms with Crippen LogP contribution in [0, 0.1) is 5.92 Å². The lowest BCUT2D eigenvalue weighted by molar-refractivity contribution is -0.137. The van der Waals surface area contributed by atoms with Crippen molar-refractivity contribution in [1.82, 2.24) is 9.80 Å². The fourth-order valence-electron chi connectivity index (χ4n) is 2.71. The predicted octanol–water partition coefficient (Wildman–Crippen LogP) is -0.195. The molecule has 2 N–H and O–H groups in total. The molecule has 0 radical (unpaired) electrons. The number of likely N-dealkylation sites (tertiary alicyclic amines) is 2. The maximum absolute atomic E-state index is 12.2. The van der Waals surface area contributed by atoms with Gasteiger partial charge in [0.2, 0.25) is 11.8 Å². The van der Waals surface area contributed by atoms with Crippen molar-refractivity contribution in [3.63, 3.8) is 0 Å².